The van der Waals surface area contributed by atoms with E-state index in [1.54, 1.807) is 0 Å². The first-order valence-corrected chi connectivity index (χ1v) is 9.11. The number of carbonyl (C=O) groups excluding carboxylic acids is 2. The van der Waals surface area contributed by atoms with Gasteiger partial charge in [0.1, 0.15) is 29.6 Å². The summed E-state index contributed by atoms with van der Waals surface area (Å²) in [7, 11) is 0. The summed E-state index contributed by atoms with van der Waals surface area (Å²) in [4.78, 5) is 35.1. The van der Waals surface area contributed by atoms with Gasteiger partial charge in [-0.1, -0.05) is 0 Å². The van der Waals surface area contributed by atoms with E-state index in [0.717, 1.165) is 19.1 Å². The number of hydrogen-bond acceptors (Lipinski definition) is 11. The first-order valence-electron chi connectivity index (χ1n) is 9.11. The zero-order valence-corrected chi connectivity index (χ0v) is 16.3. The van der Waals surface area contributed by atoms with Gasteiger partial charge in [-0.2, -0.15) is 0 Å². The molecule has 6 N–H and O–H groups in total. The molecule has 1 unspecified atom stereocenters. The van der Waals surface area contributed by atoms with E-state index >= 15 is 0 Å². The number of fused-ring (bicyclic) bond motifs is 1. The molecular formula is C19H21NO11. The van der Waals surface area contributed by atoms with E-state index in [2.05, 4.69) is 0 Å². The molecule has 3 rings (SSSR count). The van der Waals surface area contributed by atoms with E-state index in [0.29, 0.717) is 0 Å². The predicted molar refractivity (Wildman–Crippen MR) is 101 cm³/mol. The van der Waals surface area contributed by atoms with Crippen molar-refractivity contribution in [2.24, 2.45) is 5.73 Å². The van der Waals surface area contributed by atoms with Crippen molar-refractivity contribution in [1.29, 1.82) is 0 Å². The molecule has 12 heteroatoms. The number of esters is 1. The van der Waals surface area contributed by atoms with Crippen molar-refractivity contribution in [3.8, 4) is 5.75 Å². The van der Waals surface area contributed by atoms with Gasteiger partial charge in [-0.3, -0.25) is 9.59 Å². The molecule has 1 aliphatic heterocycles. The quantitative estimate of drug-likeness (QED) is 0.191. The lowest BCUT2D eigenvalue weighted by Crippen LogP contribution is -2.67. The SMILES string of the molecule is CC(=O)OC(C(N)=O)c1cc(=O)oc2cc(O[C@]3(O)[C@H](O)[C@@H](O)CO[C@@H]3CO)ccc12. The Labute approximate surface area is 174 Å². The van der Waals surface area contributed by atoms with Crippen LogP contribution in [0, 0.1) is 0 Å². The largest absolute Gasteiger partial charge is 0.456 e. The lowest BCUT2D eigenvalue weighted by Gasteiger charge is -2.43. The van der Waals surface area contributed by atoms with Gasteiger partial charge < -0.3 is 44.8 Å². The summed E-state index contributed by atoms with van der Waals surface area (Å²) in [5.74, 6) is -4.47. The number of carbonyl (C=O) groups is 2. The Bertz CT molecular complexity index is 1050. The van der Waals surface area contributed by atoms with Crippen LogP contribution in [0.25, 0.3) is 11.0 Å². The number of nitrogens with two attached hydrogens (primary N) is 1. The number of rotatable bonds is 6. The predicted octanol–water partition coefficient (Wildman–Crippen LogP) is -1.94. The summed E-state index contributed by atoms with van der Waals surface area (Å²) in [6.45, 7) is 0.00812. The molecule has 31 heavy (non-hydrogen) atoms. The third-order valence-corrected chi connectivity index (χ3v) is 4.74. The number of ether oxygens (including phenoxy) is 3. The van der Waals surface area contributed by atoms with Crippen molar-refractivity contribution in [3.05, 3.63) is 40.2 Å². The average Bonchev–Trinajstić information content (AvgIpc) is 2.69. The van der Waals surface area contributed by atoms with Gasteiger partial charge in [-0.25, -0.2) is 4.79 Å². The summed E-state index contributed by atoms with van der Waals surface area (Å²) in [6, 6.07) is 4.74. The molecule has 168 valence electrons. The molecule has 2 aromatic rings. The fraction of sp³-hybridized carbons (Fsp3) is 0.421. The molecule has 1 aromatic carbocycles. The Kier molecular flexibility index (Phi) is 6.29. The van der Waals surface area contributed by atoms with E-state index in [-0.39, 0.29) is 28.9 Å². The molecule has 1 aliphatic rings. The van der Waals surface area contributed by atoms with Crippen LogP contribution in [0.3, 0.4) is 0 Å². The maximum Gasteiger partial charge on any atom is 0.336 e. The number of aliphatic hydroxyl groups is 4. The molecule has 0 aliphatic carbocycles. The maximum absolute atomic E-state index is 12.0. The van der Waals surface area contributed by atoms with Crippen LogP contribution in [0.2, 0.25) is 0 Å². The average molecular weight is 439 g/mol. The molecule has 0 saturated carbocycles. The molecule has 0 bridgehead atoms. The molecule has 12 nitrogen and oxygen atoms in total. The van der Waals surface area contributed by atoms with Crippen molar-refractivity contribution in [1.82, 2.24) is 0 Å². The standard InChI is InChI=1S/C19H21NO11/c1-8(22)29-16(18(20)26)11-5-15(24)30-13-4-9(2-3-10(11)13)31-19(27)14(6-21)28-7-12(23)17(19)25/h2-5,12,14,16-17,21,23,25,27H,6-7H2,1H3,(H2,20,26)/t12-,14+,16?,17+,19-/m0/s1. The summed E-state index contributed by atoms with van der Waals surface area (Å²) < 4.78 is 20.5. The van der Waals surface area contributed by atoms with Crippen molar-refractivity contribution >= 4 is 22.8 Å². The van der Waals surface area contributed by atoms with Gasteiger partial charge in [-0.15, -0.1) is 0 Å². The summed E-state index contributed by atoms with van der Waals surface area (Å²) in [6.07, 6.45) is -6.25. The molecule has 0 radical (unpaired) electrons. The van der Waals surface area contributed by atoms with Crippen LogP contribution in [-0.4, -0.2) is 69.6 Å². The van der Waals surface area contributed by atoms with E-state index in [9.17, 15) is 34.8 Å². The summed E-state index contributed by atoms with van der Waals surface area (Å²) in [5.41, 5.74) is 4.26. The summed E-state index contributed by atoms with van der Waals surface area (Å²) >= 11 is 0. The Morgan fingerprint density at radius 1 is 1.32 bits per heavy atom. The van der Waals surface area contributed by atoms with Gasteiger partial charge in [0.2, 0.25) is 6.10 Å². The highest BCUT2D eigenvalue weighted by Crippen LogP contribution is 2.33. The van der Waals surface area contributed by atoms with Gasteiger partial charge in [0.05, 0.1) is 13.2 Å². The van der Waals surface area contributed by atoms with E-state index in [4.69, 9.17) is 24.4 Å². The van der Waals surface area contributed by atoms with Gasteiger partial charge in [0.15, 0.2) is 0 Å². The van der Waals surface area contributed by atoms with Gasteiger partial charge in [-0.05, 0) is 12.1 Å². The van der Waals surface area contributed by atoms with Crippen molar-refractivity contribution in [2.75, 3.05) is 13.2 Å². The van der Waals surface area contributed by atoms with Gasteiger partial charge >= 0.3 is 11.6 Å². The van der Waals surface area contributed by atoms with Crippen LogP contribution in [0.5, 0.6) is 5.75 Å². The molecular weight excluding hydrogens is 418 g/mol. The van der Waals surface area contributed by atoms with Crippen LogP contribution < -0.4 is 16.1 Å². The van der Waals surface area contributed by atoms with Crippen LogP contribution in [0.15, 0.2) is 33.5 Å². The maximum atomic E-state index is 12.0. The second-order valence-corrected chi connectivity index (χ2v) is 6.94. The highest BCUT2D eigenvalue weighted by molar-refractivity contribution is 5.90. The Morgan fingerprint density at radius 2 is 2.03 bits per heavy atom. The Hall–Kier alpha value is -3.03. The number of primary amides is 1. The minimum absolute atomic E-state index is 0.0242. The Morgan fingerprint density at radius 3 is 2.65 bits per heavy atom. The smallest absolute Gasteiger partial charge is 0.336 e. The van der Waals surface area contributed by atoms with Gasteiger partial charge in [0.25, 0.3) is 11.7 Å². The van der Waals surface area contributed by atoms with Crippen molar-refractivity contribution in [2.45, 2.75) is 37.1 Å². The van der Waals surface area contributed by atoms with E-state index in [1.807, 2.05) is 0 Å². The van der Waals surface area contributed by atoms with Crippen LogP contribution in [-0.2, 0) is 19.1 Å². The molecule has 1 amide bonds. The second kappa shape index (κ2) is 8.61. The lowest BCUT2D eigenvalue weighted by atomic mass is 9.96. The van der Waals surface area contributed by atoms with Crippen LogP contribution >= 0.6 is 0 Å². The van der Waals surface area contributed by atoms with E-state index in [1.165, 1.54) is 12.1 Å². The Balaban J connectivity index is 2.04. The zero-order valence-electron chi connectivity index (χ0n) is 16.3. The fourth-order valence-electron chi connectivity index (χ4n) is 3.28. The van der Waals surface area contributed by atoms with Crippen molar-refractivity contribution in [3.63, 3.8) is 0 Å². The number of benzene rings is 1. The third kappa shape index (κ3) is 4.38. The fourth-order valence-corrected chi connectivity index (χ4v) is 3.28. The van der Waals surface area contributed by atoms with Crippen LogP contribution in [0.1, 0.15) is 18.6 Å². The van der Waals surface area contributed by atoms with Gasteiger partial charge in [0, 0.05) is 30.0 Å². The minimum Gasteiger partial charge on any atom is -0.456 e. The molecule has 1 aromatic heterocycles. The molecule has 0 spiro atoms. The number of hydrogen-bond donors (Lipinski definition) is 5. The normalized spacial score (nSPS) is 26.9. The highest BCUT2D eigenvalue weighted by atomic mass is 16.7. The van der Waals surface area contributed by atoms with Crippen molar-refractivity contribution < 1.29 is 48.6 Å². The van der Waals surface area contributed by atoms with E-state index < -0.39 is 54.3 Å². The molecule has 1 fully saturated rings. The molecule has 5 atom stereocenters. The third-order valence-electron chi connectivity index (χ3n) is 4.74. The zero-order chi connectivity index (χ0) is 22.9. The van der Waals surface area contributed by atoms with Crippen LogP contribution in [0.4, 0.5) is 0 Å². The number of aliphatic hydroxyl groups excluding tert-OH is 3. The highest BCUT2D eigenvalue weighted by Gasteiger charge is 2.53. The first-order chi connectivity index (χ1) is 14.6. The minimum atomic E-state index is -2.52. The second-order valence-electron chi connectivity index (χ2n) is 6.94. The lowest BCUT2D eigenvalue weighted by molar-refractivity contribution is -0.322. The number of amides is 1. The topological polar surface area (TPSA) is 199 Å². The summed E-state index contributed by atoms with van der Waals surface area (Å²) in [5, 5.41) is 40.3. The first kappa shape index (κ1) is 22.7. The molecule has 2 heterocycles. The molecule has 1 saturated heterocycles. The monoisotopic (exact) mass is 439 g/mol.